The predicted octanol–water partition coefficient (Wildman–Crippen LogP) is 4.60. The molecule has 30 heavy (non-hydrogen) atoms. The molecule has 1 saturated heterocycles. The number of hydrogen-bond donors (Lipinski definition) is 0. The van der Waals surface area contributed by atoms with Crippen LogP contribution in [0.15, 0.2) is 71.3 Å². The molecule has 1 aromatic heterocycles. The van der Waals surface area contributed by atoms with Crippen molar-refractivity contribution < 1.29 is 14.0 Å². The molecule has 0 radical (unpaired) electrons. The van der Waals surface area contributed by atoms with Crippen LogP contribution in [0.25, 0.3) is 0 Å². The second-order valence-corrected chi connectivity index (χ2v) is 7.79. The lowest BCUT2D eigenvalue weighted by Crippen LogP contribution is -2.30. The average Bonchev–Trinajstić information content (AvgIpc) is 3.48. The van der Waals surface area contributed by atoms with Crippen LogP contribution in [0.2, 0.25) is 0 Å². The number of aryl methyl sites for hydroxylation is 1. The highest BCUT2D eigenvalue weighted by Gasteiger charge is 2.21. The summed E-state index contributed by atoms with van der Waals surface area (Å²) < 4.78 is 5.35. The van der Waals surface area contributed by atoms with Crippen molar-refractivity contribution in [1.29, 1.82) is 0 Å². The fraction of sp³-hybridized carbons (Fsp3) is 0.280. The maximum absolute atomic E-state index is 13.1. The van der Waals surface area contributed by atoms with Gasteiger partial charge in [0.2, 0.25) is 5.91 Å². The third-order valence-electron chi connectivity index (χ3n) is 5.50. The van der Waals surface area contributed by atoms with Gasteiger partial charge in [-0.1, -0.05) is 42.0 Å². The standard InChI is InChI=1S/C25H26N2O3/c1-19-6-8-21(9-7-19)18-27(25(29)23-5-4-16-30-23)22-12-10-20(11-13-22)17-24(28)26-14-2-3-15-26/h4-13,16H,2-3,14-15,17-18H2,1H3. The van der Waals surface area contributed by atoms with E-state index >= 15 is 0 Å². The van der Waals surface area contributed by atoms with Gasteiger partial charge in [-0.3, -0.25) is 9.59 Å². The minimum atomic E-state index is -0.193. The zero-order chi connectivity index (χ0) is 20.9. The summed E-state index contributed by atoms with van der Waals surface area (Å²) in [7, 11) is 0. The molecular formula is C25H26N2O3. The Balaban J connectivity index is 1.54. The molecule has 0 atom stereocenters. The van der Waals surface area contributed by atoms with Gasteiger partial charge in [0.25, 0.3) is 5.91 Å². The molecular weight excluding hydrogens is 376 g/mol. The zero-order valence-electron chi connectivity index (χ0n) is 17.2. The van der Waals surface area contributed by atoms with Crippen molar-refractivity contribution in [3.05, 3.63) is 89.4 Å². The summed E-state index contributed by atoms with van der Waals surface area (Å²) in [6, 6.07) is 19.2. The Morgan fingerprint density at radius 3 is 2.23 bits per heavy atom. The first-order valence-corrected chi connectivity index (χ1v) is 10.4. The van der Waals surface area contributed by atoms with E-state index in [0.29, 0.717) is 18.7 Å². The quantitative estimate of drug-likeness (QED) is 0.605. The van der Waals surface area contributed by atoms with E-state index in [-0.39, 0.29) is 11.8 Å². The van der Waals surface area contributed by atoms with Crippen molar-refractivity contribution >= 4 is 17.5 Å². The molecule has 5 heteroatoms. The van der Waals surface area contributed by atoms with Crippen LogP contribution in [-0.2, 0) is 17.8 Å². The van der Waals surface area contributed by atoms with Crippen LogP contribution in [0.5, 0.6) is 0 Å². The number of rotatable bonds is 6. The zero-order valence-corrected chi connectivity index (χ0v) is 17.2. The summed E-state index contributed by atoms with van der Waals surface area (Å²) in [5.74, 6) is 0.278. The Bertz CT molecular complexity index is 986. The maximum Gasteiger partial charge on any atom is 0.294 e. The van der Waals surface area contributed by atoms with E-state index in [1.54, 1.807) is 17.0 Å². The number of carbonyl (C=O) groups is 2. The molecule has 2 aromatic carbocycles. The first kappa shape index (κ1) is 20.0. The highest BCUT2D eigenvalue weighted by atomic mass is 16.3. The van der Waals surface area contributed by atoms with E-state index in [0.717, 1.165) is 42.7 Å². The highest BCUT2D eigenvalue weighted by Crippen LogP contribution is 2.22. The van der Waals surface area contributed by atoms with E-state index < -0.39 is 0 Å². The molecule has 0 unspecified atom stereocenters. The summed E-state index contributed by atoms with van der Waals surface area (Å²) >= 11 is 0. The van der Waals surface area contributed by atoms with E-state index in [1.807, 2.05) is 60.4 Å². The van der Waals surface area contributed by atoms with Gasteiger partial charge >= 0.3 is 0 Å². The predicted molar refractivity (Wildman–Crippen MR) is 116 cm³/mol. The van der Waals surface area contributed by atoms with E-state index in [4.69, 9.17) is 4.42 Å². The van der Waals surface area contributed by atoms with E-state index in [9.17, 15) is 9.59 Å². The van der Waals surface area contributed by atoms with Crippen molar-refractivity contribution in [2.45, 2.75) is 32.7 Å². The molecule has 2 heterocycles. The molecule has 0 spiro atoms. The molecule has 1 aliphatic rings. The molecule has 154 valence electrons. The van der Waals surface area contributed by atoms with E-state index in [2.05, 4.69) is 0 Å². The van der Waals surface area contributed by atoms with Crippen LogP contribution >= 0.6 is 0 Å². The number of likely N-dealkylation sites (tertiary alicyclic amines) is 1. The van der Waals surface area contributed by atoms with Crippen LogP contribution < -0.4 is 4.90 Å². The SMILES string of the molecule is Cc1ccc(CN(C(=O)c2ccco2)c2ccc(CC(=O)N3CCCC3)cc2)cc1. The fourth-order valence-corrected chi connectivity index (χ4v) is 3.74. The van der Waals surface area contributed by atoms with Gasteiger partial charge in [0, 0.05) is 18.8 Å². The molecule has 0 N–H and O–H groups in total. The third kappa shape index (κ3) is 4.62. The summed E-state index contributed by atoms with van der Waals surface area (Å²) in [5.41, 5.74) is 3.94. The summed E-state index contributed by atoms with van der Waals surface area (Å²) in [6.07, 6.45) is 4.08. The van der Waals surface area contributed by atoms with Gasteiger partial charge in [-0.15, -0.1) is 0 Å². The third-order valence-corrected chi connectivity index (χ3v) is 5.50. The topological polar surface area (TPSA) is 53.8 Å². The van der Waals surface area contributed by atoms with Gasteiger partial charge in [0.15, 0.2) is 5.76 Å². The Labute approximate surface area is 176 Å². The number of amides is 2. The maximum atomic E-state index is 13.1. The van der Waals surface area contributed by atoms with Crippen LogP contribution in [0, 0.1) is 6.92 Å². The number of nitrogens with zero attached hydrogens (tertiary/aromatic N) is 2. The van der Waals surface area contributed by atoms with Crippen molar-refractivity contribution in [2.24, 2.45) is 0 Å². The Morgan fingerprint density at radius 2 is 1.60 bits per heavy atom. The number of carbonyl (C=O) groups excluding carboxylic acids is 2. The molecule has 4 rings (SSSR count). The van der Waals surface area contributed by atoms with Gasteiger partial charge in [-0.2, -0.15) is 0 Å². The van der Waals surface area contributed by atoms with Crippen LogP contribution in [0.1, 0.15) is 40.1 Å². The number of benzene rings is 2. The average molecular weight is 402 g/mol. The van der Waals surface area contributed by atoms with Crippen LogP contribution in [0.3, 0.4) is 0 Å². The van der Waals surface area contributed by atoms with Gasteiger partial charge in [0.05, 0.1) is 19.2 Å². The Hall–Kier alpha value is -3.34. The van der Waals surface area contributed by atoms with Crippen LogP contribution in [0.4, 0.5) is 5.69 Å². The first-order chi connectivity index (χ1) is 14.6. The first-order valence-electron chi connectivity index (χ1n) is 10.4. The molecule has 1 aliphatic heterocycles. The van der Waals surface area contributed by atoms with Crippen LogP contribution in [-0.4, -0.2) is 29.8 Å². The summed E-state index contributed by atoms with van der Waals surface area (Å²) in [4.78, 5) is 29.1. The molecule has 0 saturated carbocycles. The number of furan rings is 1. The minimum Gasteiger partial charge on any atom is -0.459 e. The van der Waals surface area contributed by atoms with Gasteiger partial charge < -0.3 is 14.2 Å². The second-order valence-electron chi connectivity index (χ2n) is 7.79. The molecule has 0 aliphatic carbocycles. The van der Waals surface area contributed by atoms with Crippen molar-refractivity contribution in [1.82, 2.24) is 4.90 Å². The van der Waals surface area contributed by atoms with Gasteiger partial charge in [-0.05, 0) is 55.2 Å². The number of anilines is 1. The molecule has 3 aromatic rings. The Morgan fingerprint density at radius 1 is 0.933 bits per heavy atom. The van der Waals surface area contributed by atoms with Crippen molar-refractivity contribution in [3.8, 4) is 0 Å². The van der Waals surface area contributed by atoms with Gasteiger partial charge in [0.1, 0.15) is 0 Å². The Kier molecular flexibility index (Phi) is 5.98. The molecule has 5 nitrogen and oxygen atoms in total. The van der Waals surface area contributed by atoms with Crippen molar-refractivity contribution in [2.75, 3.05) is 18.0 Å². The van der Waals surface area contributed by atoms with E-state index in [1.165, 1.54) is 11.8 Å². The lowest BCUT2D eigenvalue weighted by Gasteiger charge is -2.22. The second kappa shape index (κ2) is 8.99. The fourth-order valence-electron chi connectivity index (χ4n) is 3.74. The highest BCUT2D eigenvalue weighted by molar-refractivity contribution is 6.04. The summed E-state index contributed by atoms with van der Waals surface area (Å²) in [6.45, 7) is 4.20. The largest absolute Gasteiger partial charge is 0.459 e. The summed E-state index contributed by atoms with van der Waals surface area (Å²) in [5, 5.41) is 0. The monoisotopic (exact) mass is 402 g/mol. The lowest BCUT2D eigenvalue weighted by molar-refractivity contribution is -0.129. The number of hydrogen-bond acceptors (Lipinski definition) is 3. The molecule has 2 amide bonds. The molecule has 0 bridgehead atoms. The van der Waals surface area contributed by atoms with Gasteiger partial charge in [-0.25, -0.2) is 0 Å². The smallest absolute Gasteiger partial charge is 0.294 e. The minimum absolute atomic E-state index is 0.170. The molecule has 1 fully saturated rings. The normalized spacial score (nSPS) is 13.4. The van der Waals surface area contributed by atoms with Crippen molar-refractivity contribution in [3.63, 3.8) is 0 Å². The lowest BCUT2D eigenvalue weighted by atomic mass is 10.1.